The van der Waals surface area contributed by atoms with E-state index in [1.165, 1.54) is 12.8 Å². The quantitative estimate of drug-likeness (QED) is 0.455. The number of aliphatic imine (C=N–C) groups is 1. The Kier molecular flexibility index (Phi) is 2.74. The molecule has 0 aromatic heterocycles. The summed E-state index contributed by atoms with van der Waals surface area (Å²) in [5, 5.41) is 6.55. The van der Waals surface area contributed by atoms with Crippen molar-refractivity contribution in [2.45, 2.75) is 38.8 Å². The third kappa shape index (κ3) is 3.25. The highest BCUT2D eigenvalue weighted by Crippen LogP contribution is 2.18. The van der Waals surface area contributed by atoms with E-state index in [2.05, 4.69) is 29.5 Å². The molecule has 3 nitrogen and oxygen atoms in total. The molecular weight excluding hydrogens is 138 g/mol. The van der Waals surface area contributed by atoms with E-state index in [1.807, 2.05) is 0 Å². The van der Waals surface area contributed by atoms with Crippen LogP contribution < -0.4 is 10.6 Å². The van der Waals surface area contributed by atoms with Crippen molar-refractivity contribution in [3.8, 4) is 0 Å². The zero-order valence-corrected chi connectivity index (χ0v) is 7.52. The molecule has 11 heavy (non-hydrogen) atoms. The van der Waals surface area contributed by atoms with Gasteiger partial charge in [0.1, 0.15) is 0 Å². The van der Waals surface area contributed by atoms with E-state index < -0.39 is 0 Å². The van der Waals surface area contributed by atoms with Crippen LogP contribution in [0.1, 0.15) is 26.7 Å². The maximum atomic E-state index is 4.10. The number of nitrogens with zero attached hydrogens (tertiary/aromatic N) is 1. The van der Waals surface area contributed by atoms with Gasteiger partial charge in [0.15, 0.2) is 5.96 Å². The molecule has 0 spiro atoms. The molecule has 1 fully saturated rings. The summed E-state index contributed by atoms with van der Waals surface area (Å²) in [6.07, 6.45) is 2.58. The van der Waals surface area contributed by atoms with Crippen LogP contribution >= 0.6 is 0 Å². The van der Waals surface area contributed by atoms with Gasteiger partial charge in [0.2, 0.25) is 0 Å². The van der Waals surface area contributed by atoms with Crippen LogP contribution in [-0.4, -0.2) is 25.1 Å². The van der Waals surface area contributed by atoms with Gasteiger partial charge in [-0.3, -0.25) is 4.99 Å². The predicted molar refractivity (Wildman–Crippen MR) is 47.8 cm³/mol. The molecule has 1 rings (SSSR count). The smallest absolute Gasteiger partial charge is 0.191 e. The van der Waals surface area contributed by atoms with E-state index in [-0.39, 0.29) is 0 Å². The standard InChI is InChI=1S/C8H17N3/c1-6(2)10-8(9-3)11-7-4-5-7/h6-7H,4-5H2,1-3H3,(H2,9,10,11). The summed E-state index contributed by atoms with van der Waals surface area (Å²) in [4.78, 5) is 4.10. The molecule has 0 aliphatic heterocycles. The van der Waals surface area contributed by atoms with Gasteiger partial charge in [0.25, 0.3) is 0 Å². The minimum absolute atomic E-state index is 0.458. The van der Waals surface area contributed by atoms with Crippen molar-refractivity contribution < 1.29 is 0 Å². The lowest BCUT2D eigenvalue weighted by Gasteiger charge is -2.13. The van der Waals surface area contributed by atoms with Crippen molar-refractivity contribution >= 4 is 5.96 Å². The monoisotopic (exact) mass is 155 g/mol. The van der Waals surface area contributed by atoms with Gasteiger partial charge < -0.3 is 10.6 Å². The first kappa shape index (κ1) is 8.37. The molecule has 0 bridgehead atoms. The molecule has 0 amide bonds. The Hall–Kier alpha value is -0.730. The average Bonchev–Trinajstić information content (AvgIpc) is 2.69. The lowest BCUT2D eigenvalue weighted by atomic mass is 10.4. The summed E-state index contributed by atoms with van der Waals surface area (Å²) in [6.45, 7) is 4.22. The first-order chi connectivity index (χ1) is 5.22. The number of hydrogen-bond acceptors (Lipinski definition) is 1. The molecule has 0 aromatic carbocycles. The molecule has 1 aliphatic rings. The highest BCUT2D eigenvalue weighted by Gasteiger charge is 2.22. The Bertz CT molecular complexity index is 141. The maximum Gasteiger partial charge on any atom is 0.191 e. The molecule has 1 saturated carbocycles. The fraction of sp³-hybridized carbons (Fsp3) is 0.875. The molecule has 64 valence electrons. The molecule has 0 radical (unpaired) electrons. The van der Waals surface area contributed by atoms with Crippen molar-refractivity contribution in [3.05, 3.63) is 0 Å². The van der Waals surface area contributed by atoms with Crippen molar-refractivity contribution in [2.24, 2.45) is 4.99 Å². The van der Waals surface area contributed by atoms with Crippen LogP contribution in [0, 0.1) is 0 Å². The molecule has 0 aromatic rings. The summed E-state index contributed by atoms with van der Waals surface area (Å²) in [5.41, 5.74) is 0. The van der Waals surface area contributed by atoms with E-state index in [1.54, 1.807) is 7.05 Å². The van der Waals surface area contributed by atoms with Gasteiger partial charge in [-0.1, -0.05) is 0 Å². The van der Waals surface area contributed by atoms with Crippen LogP contribution in [0.3, 0.4) is 0 Å². The Labute approximate surface area is 68.3 Å². The van der Waals surface area contributed by atoms with Crippen LogP contribution in [0.2, 0.25) is 0 Å². The van der Waals surface area contributed by atoms with Gasteiger partial charge in [-0.25, -0.2) is 0 Å². The number of nitrogens with one attached hydrogen (secondary N) is 2. The van der Waals surface area contributed by atoms with Gasteiger partial charge in [-0.05, 0) is 26.7 Å². The van der Waals surface area contributed by atoms with Crippen molar-refractivity contribution in [1.29, 1.82) is 0 Å². The Morgan fingerprint density at radius 1 is 1.45 bits per heavy atom. The minimum atomic E-state index is 0.458. The molecule has 3 heteroatoms. The SMILES string of the molecule is CN=C(NC(C)C)NC1CC1. The van der Waals surface area contributed by atoms with Gasteiger partial charge in [-0.2, -0.15) is 0 Å². The van der Waals surface area contributed by atoms with E-state index in [0.717, 1.165) is 5.96 Å². The molecule has 0 heterocycles. The zero-order valence-electron chi connectivity index (χ0n) is 7.52. The predicted octanol–water partition coefficient (Wildman–Crippen LogP) is 0.722. The van der Waals surface area contributed by atoms with E-state index in [0.29, 0.717) is 12.1 Å². The van der Waals surface area contributed by atoms with Crippen molar-refractivity contribution in [1.82, 2.24) is 10.6 Å². The number of hydrogen-bond donors (Lipinski definition) is 2. The van der Waals surface area contributed by atoms with Crippen LogP contribution in [0.15, 0.2) is 4.99 Å². The third-order valence-corrected chi connectivity index (χ3v) is 1.57. The summed E-state index contributed by atoms with van der Waals surface area (Å²) >= 11 is 0. The van der Waals surface area contributed by atoms with Gasteiger partial charge in [0.05, 0.1) is 0 Å². The van der Waals surface area contributed by atoms with Crippen LogP contribution in [0.25, 0.3) is 0 Å². The second kappa shape index (κ2) is 3.60. The Balaban J connectivity index is 2.24. The summed E-state index contributed by atoms with van der Waals surface area (Å²) in [7, 11) is 1.81. The van der Waals surface area contributed by atoms with E-state index in [4.69, 9.17) is 0 Å². The Morgan fingerprint density at radius 3 is 2.45 bits per heavy atom. The first-order valence-corrected chi connectivity index (χ1v) is 4.22. The second-order valence-corrected chi connectivity index (χ2v) is 3.29. The first-order valence-electron chi connectivity index (χ1n) is 4.22. The van der Waals surface area contributed by atoms with Gasteiger partial charge in [0, 0.05) is 19.1 Å². The minimum Gasteiger partial charge on any atom is -0.354 e. The summed E-state index contributed by atoms with van der Waals surface area (Å²) in [5.74, 6) is 0.933. The van der Waals surface area contributed by atoms with Gasteiger partial charge >= 0.3 is 0 Å². The molecule has 1 aliphatic carbocycles. The van der Waals surface area contributed by atoms with Crippen molar-refractivity contribution in [3.63, 3.8) is 0 Å². The van der Waals surface area contributed by atoms with E-state index >= 15 is 0 Å². The lowest BCUT2D eigenvalue weighted by Crippen LogP contribution is -2.41. The number of rotatable bonds is 2. The molecule has 0 unspecified atom stereocenters. The average molecular weight is 155 g/mol. The normalized spacial score (nSPS) is 18.7. The third-order valence-electron chi connectivity index (χ3n) is 1.57. The topological polar surface area (TPSA) is 36.4 Å². The van der Waals surface area contributed by atoms with Crippen molar-refractivity contribution in [2.75, 3.05) is 7.05 Å². The summed E-state index contributed by atoms with van der Waals surface area (Å²) in [6, 6.07) is 1.14. The Morgan fingerprint density at radius 2 is 2.09 bits per heavy atom. The fourth-order valence-corrected chi connectivity index (χ4v) is 0.865. The maximum absolute atomic E-state index is 4.10. The lowest BCUT2D eigenvalue weighted by molar-refractivity contribution is 0.698. The zero-order chi connectivity index (χ0) is 8.27. The van der Waals surface area contributed by atoms with E-state index in [9.17, 15) is 0 Å². The summed E-state index contributed by atoms with van der Waals surface area (Å²) < 4.78 is 0. The fourth-order valence-electron chi connectivity index (χ4n) is 0.865. The van der Waals surface area contributed by atoms with Crippen LogP contribution in [-0.2, 0) is 0 Å². The molecule has 0 saturated heterocycles. The second-order valence-electron chi connectivity index (χ2n) is 3.29. The largest absolute Gasteiger partial charge is 0.354 e. The van der Waals surface area contributed by atoms with Gasteiger partial charge in [-0.15, -0.1) is 0 Å². The highest BCUT2D eigenvalue weighted by atomic mass is 15.2. The molecular formula is C8H17N3. The number of guanidine groups is 1. The van der Waals surface area contributed by atoms with Crippen LogP contribution in [0.4, 0.5) is 0 Å². The molecule has 2 N–H and O–H groups in total. The van der Waals surface area contributed by atoms with Crippen LogP contribution in [0.5, 0.6) is 0 Å². The highest BCUT2D eigenvalue weighted by molar-refractivity contribution is 5.80. The molecule has 0 atom stereocenters.